The molecular weight excluding hydrogens is 200 g/mol. The molecule has 0 aliphatic rings. The third-order valence-corrected chi connectivity index (χ3v) is 1.84. The van der Waals surface area contributed by atoms with Gasteiger partial charge in [-0.2, -0.15) is 0 Å². The highest BCUT2D eigenvalue weighted by Gasteiger charge is 1.82. The quantitative estimate of drug-likeness (QED) is 0.510. The predicted octanol–water partition coefficient (Wildman–Crippen LogP) is 4.57. The zero-order valence-electron chi connectivity index (χ0n) is 10.9. The fourth-order valence-electron chi connectivity index (χ4n) is 1.08. The first-order chi connectivity index (χ1) is 7.65. The maximum absolute atomic E-state index is 9.00. The van der Waals surface area contributed by atoms with E-state index in [-0.39, 0.29) is 0 Å². The lowest BCUT2D eigenvalue weighted by molar-refractivity contribution is -0.134. The van der Waals surface area contributed by atoms with Crippen molar-refractivity contribution in [2.45, 2.75) is 59.3 Å². The van der Waals surface area contributed by atoms with E-state index in [2.05, 4.69) is 38.2 Å². The van der Waals surface area contributed by atoms with Crippen LogP contribution >= 0.6 is 0 Å². The second-order valence-corrected chi connectivity index (χ2v) is 3.63. The van der Waals surface area contributed by atoms with Gasteiger partial charge in [0, 0.05) is 6.92 Å². The van der Waals surface area contributed by atoms with E-state index in [4.69, 9.17) is 9.90 Å². The molecule has 0 aromatic rings. The van der Waals surface area contributed by atoms with Crippen molar-refractivity contribution in [2.75, 3.05) is 0 Å². The molecule has 0 heterocycles. The molecular formula is C14H26O2. The molecule has 2 nitrogen and oxygen atoms in total. The summed E-state index contributed by atoms with van der Waals surface area (Å²) in [4.78, 5) is 9.00. The number of hydrogen-bond acceptors (Lipinski definition) is 1. The van der Waals surface area contributed by atoms with Gasteiger partial charge >= 0.3 is 0 Å². The Hall–Kier alpha value is -1.05. The molecule has 0 saturated heterocycles. The van der Waals surface area contributed by atoms with Gasteiger partial charge in [0.1, 0.15) is 0 Å². The summed E-state index contributed by atoms with van der Waals surface area (Å²) in [5.74, 6) is -0.833. The van der Waals surface area contributed by atoms with Gasteiger partial charge in [-0.05, 0) is 19.3 Å². The molecule has 0 aromatic carbocycles. The van der Waals surface area contributed by atoms with Gasteiger partial charge in [-0.25, -0.2) is 0 Å². The second-order valence-electron chi connectivity index (χ2n) is 3.63. The molecule has 0 rings (SSSR count). The van der Waals surface area contributed by atoms with Crippen LogP contribution in [-0.4, -0.2) is 11.1 Å². The predicted molar refractivity (Wildman–Crippen MR) is 70.6 cm³/mol. The molecule has 0 bridgehead atoms. The number of carboxylic acid groups (broad SMARTS) is 1. The molecule has 94 valence electrons. The molecule has 1 N–H and O–H groups in total. The van der Waals surface area contributed by atoms with Crippen LogP contribution in [0.25, 0.3) is 0 Å². The number of rotatable bonds is 7. The first-order valence-corrected chi connectivity index (χ1v) is 6.16. The Labute approximate surface area is 100 Å². The van der Waals surface area contributed by atoms with Gasteiger partial charge in [0.05, 0.1) is 0 Å². The molecule has 0 aliphatic carbocycles. The molecule has 0 unspecified atom stereocenters. The highest BCUT2D eigenvalue weighted by molar-refractivity contribution is 5.62. The van der Waals surface area contributed by atoms with Gasteiger partial charge in [-0.15, -0.1) is 0 Å². The minimum absolute atomic E-state index is 0.833. The summed E-state index contributed by atoms with van der Waals surface area (Å²) in [7, 11) is 0. The van der Waals surface area contributed by atoms with Crippen LogP contribution in [0.3, 0.4) is 0 Å². The number of aliphatic carboxylic acids is 1. The van der Waals surface area contributed by atoms with Gasteiger partial charge in [-0.3, -0.25) is 4.79 Å². The van der Waals surface area contributed by atoms with Gasteiger partial charge in [0.15, 0.2) is 0 Å². The van der Waals surface area contributed by atoms with Crippen LogP contribution in [0.5, 0.6) is 0 Å². The molecule has 0 fully saturated rings. The van der Waals surface area contributed by atoms with Gasteiger partial charge < -0.3 is 5.11 Å². The number of carbonyl (C=O) groups is 1. The van der Waals surface area contributed by atoms with E-state index in [0.29, 0.717) is 0 Å². The topological polar surface area (TPSA) is 37.3 Å². The highest BCUT2D eigenvalue weighted by Crippen LogP contribution is 2.02. The van der Waals surface area contributed by atoms with Crippen LogP contribution in [-0.2, 0) is 4.79 Å². The normalized spacial score (nSPS) is 10.4. The van der Waals surface area contributed by atoms with Gasteiger partial charge in [0.25, 0.3) is 5.97 Å². The average molecular weight is 226 g/mol. The van der Waals surface area contributed by atoms with Crippen molar-refractivity contribution < 1.29 is 9.90 Å². The smallest absolute Gasteiger partial charge is 0.300 e. The Morgan fingerprint density at radius 2 is 1.62 bits per heavy atom. The third-order valence-electron chi connectivity index (χ3n) is 1.84. The zero-order chi connectivity index (χ0) is 12.6. The maximum Gasteiger partial charge on any atom is 0.300 e. The van der Waals surface area contributed by atoms with Crippen molar-refractivity contribution in [1.29, 1.82) is 0 Å². The molecule has 0 spiro atoms. The van der Waals surface area contributed by atoms with Crippen molar-refractivity contribution in [1.82, 2.24) is 0 Å². The first-order valence-electron chi connectivity index (χ1n) is 6.16. The lowest BCUT2D eigenvalue weighted by Crippen LogP contribution is -1.78. The average Bonchev–Trinajstić information content (AvgIpc) is 2.21. The molecule has 16 heavy (non-hydrogen) atoms. The van der Waals surface area contributed by atoms with Crippen LogP contribution in [0, 0.1) is 0 Å². The van der Waals surface area contributed by atoms with E-state index in [1.807, 2.05) is 0 Å². The van der Waals surface area contributed by atoms with E-state index in [0.717, 1.165) is 13.3 Å². The van der Waals surface area contributed by atoms with Crippen LogP contribution in [0.15, 0.2) is 24.3 Å². The second kappa shape index (κ2) is 16.4. The maximum atomic E-state index is 9.00. The molecule has 0 atom stereocenters. The Kier molecular flexibility index (Phi) is 17.8. The number of carboxylic acids is 1. The lowest BCUT2D eigenvalue weighted by Gasteiger charge is -1.92. The van der Waals surface area contributed by atoms with E-state index >= 15 is 0 Å². The fraction of sp³-hybridized carbons (Fsp3) is 0.643. The third kappa shape index (κ3) is 29.3. The minimum atomic E-state index is -0.833. The molecule has 0 saturated carbocycles. The summed E-state index contributed by atoms with van der Waals surface area (Å²) in [6, 6.07) is 0. The lowest BCUT2D eigenvalue weighted by atomic mass is 10.1. The van der Waals surface area contributed by atoms with E-state index in [9.17, 15) is 0 Å². The summed E-state index contributed by atoms with van der Waals surface area (Å²) in [5, 5.41) is 7.42. The summed E-state index contributed by atoms with van der Waals surface area (Å²) >= 11 is 0. The number of unbranched alkanes of at least 4 members (excludes halogenated alkanes) is 4. The zero-order valence-corrected chi connectivity index (χ0v) is 10.9. The van der Waals surface area contributed by atoms with Gasteiger partial charge in [-0.1, -0.05) is 57.4 Å². The minimum Gasteiger partial charge on any atom is -0.481 e. The van der Waals surface area contributed by atoms with E-state index in [1.165, 1.54) is 32.1 Å². The monoisotopic (exact) mass is 226 g/mol. The Morgan fingerprint density at radius 3 is 2.12 bits per heavy atom. The van der Waals surface area contributed by atoms with Crippen molar-refractivity contribution >= 4 is 5.97 Å². The first kappa shape index (κ1) is 17.3. The van der Waals surface area contributed by atoms with Crippen LogP contribution < -0.4 is 0 Å². The molecule has 0 amide bonds. The van der Waals surface area contributed by atoms with Crippen LogP contribution in [0.2, 0.25) is 0 Å². The summed E-state index contributed by atoms with van der Waals surface area (Å²) in [5.41, 5.74) is 0. The molecule has 0 aromatic heterocycles. The summed E-state index contributed by atoms with van der Waals surface area (Å²) in [6.45, 7) is 5.49. The van der Waals surface area contributed by atoms with Crippen molar-refractivity contribution in [2.24, 2.45) is 0 Å². The summed E-state index contributed by atoms with van der Waals surface area (Å²) in [6.07, 6.45) is 16.6. The molecule has 0 aliphatic heterocycles. The van der Waals surface area contributed by atoms with Crippen LogP contribution in [0.4, 0.5) is 0 Å². The van der Waals surface area contributed by atoms with Crippen LogP contribution in [0.1, 0.15) is 59.3 Å². The summed E-state index contributed by atoms with van der Waals surface area (Å²) < 4.78 is 0. The van der Waals surface area contributed by atoms with E-state index < -0.39 is 5.97 Å². The van der Waals surface area contributed by atoms with E-state index in [1.54, 1.807) is 0 Å². The van der Waals surface area contributed by atoms with Crippen molar-refractivity contribution in [3.8, 4) is 0 Å². The molecule has 2 heteroatoms. The SMILES string of the molecule is CC(=O)O.CC/C=C\C=C\CCCCCC. The Balaban J connectivity index is 0. The standard InChI is InChI=1S/C12H22.C2H4O2/c1-3-5-7-9-11-12-10-8-6-4-2;1-2(3)4/h5,7,9,11H,3-4,6,8,10,12H2,1-2H3;1H3,(H,3,4)/b7-5-,11-9+;. The Morgan fingerprint density at radius 1 is 1.06 bits per heavy atom. The fourth-order valence-corrected chi connectivity index (χ4v) is 1.08. The largest absolute Gasteiger partial charge is 0.481 e. The highest BCUT2D eigenvalue weighted by atomic mass is 16.4. The van der Waals surface area contributed by atoms with Crippen molar-refractivity contribution in [3.63, 3.8) is 0 Å². The van der Waals surface area contributed by atoms with Gasteiger partial charge in [0.2, 0.25) is 0 Å². The molecule has 0 radical (unpaired) electrons. The number of allylic oxidation sites excluding steroid dienone is 4. The number of hydrogen-bond donors (Lipinski definition) is 1. The van der Waals surface area contributed by atoms with Crippen molar-refractivity contribution in [3.05, 3.63) is 24.3 Å². The Bertz CT molecular complexity index is 189.